The van der Waals surface area contributed by atoms with Gasteiger partial charge in [0.1, 0.15) is 5.82 Å². The molecule has 0 heterocycles. The van der Waals surface area contributed by atoms with Crippen molar-refractivity contribution < 1.29 is 18.3 Å². The largest absolute Gasteiger partial charge is 0.388 e. The molecule has 2 aromatic carbocycles. The molecule has 2 rings (SSSR count). The van der Waals surface area contributed by atoms with Crippen LogP contribution in [-0.4, -0.2) is 5.11 Å². The van der Waals surface area contributed by atoms with Crippen LogP contribution < -0.4 is 0 Å². The minimum Gasteiger partial charge on any atom is -0.388 e. The second-order valence-electron chi connectivity index (χ2n) is 4.13. The van der Waals surface area contributed by atoms with Gasteiger partial charge in [-0.25, -0.2) is 13.2 Å². The van der Waals surface area contributed by atoms with E-state index >= 15 is 0 Å². The van der Waals surface area contributed by atoms with Gasteiger partial charge in [-0.2, -0.15) is 0 Å². The van der Waals surface area contributed by atoms with Crippen molar-refractivity contribution in [3.8, 4) is 0 Å². The van der Waals surface area contributed by atoms with E-state index in [1.807, 2.05) is 0 Å². The van der Waals surface area contributed by atoms with Crippen LogP contribution in [0.2, 0.25) is 5.02 Å². The van der Waals surface area contributed by atoms with Crippen LogP contribution in [0.15, 0.2) is 36.4 Å². The first-order valence-corrected chi connectivity index (χ1v) is 5.92. The van der Waals surface area contributed by atoms with E-state index in [4.69, 9.17) is 11.6 Å². The van der Waals surface area contributed by atoms with E-state index in [2.05, 4.69) is 0 Å². The first-order valence-electron chi connectivity index (χ1n) is 5.54. The average Bonchev–Trinajstić information content (AvgIpc) is 2.36. The van der Waals surface area contributed by atoms with Gasteiger partial charge in [-0.15, -0.1) is 0 Å². The molecule has 0 aliphatic rings. The van der Waals surface area contributed by atoms with Crippen LogP contribution in [0.1, 0.15) is 17.2 Å². The summed E-state index contributed by atoms with van der Waals surface area (Å²) in [6.07, 6.45) is -1.08. The summed E-state index contributed by atoms with van der Waals surface area (Å²) in [5.41, 5.74) is 0.609. The van der Waals surface area contributed by atoms with Crippen LogP contribution in [0, 0.1) is 17.5 Å². The lowest BCUT2D eigenvalue weighted by Gasteiger charge is -2.13. The molecule has 0 aliphatic heterocycles. The van der Waals surface area contributed by atoms with Crippen molar-refractivity contribution in [3.05, 3.63) is 70.0 Å². The number of aliphatic hydroxyl groups is 1. The molecule has 0 radical (unpaired) electrons. The Bertz CT molecular complexity index is 601. The second kappa shape index (κ2) is 5.63. The van der Waals surface area contributed by atoms with Crippen LogP contribution in [0.4, 0.5) is 13.2 Å². The van der Waals surface area contributed by atoms with Gasteiger partial charge in [0.05, 0.1) is 6.10 Å². The minimum absolute atomic E-state index is 0.0143. The predicted octanol–water partition coefficient (Wildman–Crippen LogP) is 4.03. The Morgan fingerprint density at radius 1 is 1.00 bits per heavy atom. The number of hydrogen-bond acceptors (Lipinski definition) is 1. The first kappa shape index (κ1) is 13.9. The summed E-state index contributed by atoms with van der Waals surface area (Å²) < 4.78 is 38.9. The van der Waals surface area contributed by atoms with Gasteiger partial charge < -0.3 is 5.11 Å². The summed E-state index contributed by atoms with van der Waals surface area (Å²) in [6, 6.07) is 6.95. The monoisotopic (exact) mass is 286 g/mol. The number of rotatable bonds is 3. The van der Waals surface area contributed by atoms with Gasteiger partial charge in [-0.05, 0) is 35.9 Å². The SMILES string of the molecule is OC(Cc1ccc(F)c(F)c1)c1cc(F)ccc1Cl. The zero-order chi connectivity index (χ0) is 14.0. The Balaban J connectivity index is 2.22. The lowest BCUT2D eigenvalue weighted by atomic mass is 10.0. The van der Waals surface area contributed by atoms with E-state index < -0.39 is 23.6 Å². The molecule has 0 saturated carbocycles. The van der Waals surface area contributed by atoms with Crippen LogP contribution in [-0.2, 0) is 6.42 Å². The molecule has 100 valence electrons. The Kier molecular flexibility index (Phi) is 4.12. The lowest BCUT2D eigenvalue weighted by molar-refractivity contribution is 0.178. The van der Waals surface area contributed by atoms with Crippen molar-refractivity contribution in [1.82, 2.24) is 0 Å². The average molecular weight is 287 g/mol. The number of benzene rings is 2. The van der Waals surface area contributed by atoms with Gasteiger partial charge in [0.2, 0.25) is 0 Å². The van der Waals surface area contributed by atoms with Crippen molar-refractivity contribution >= 4 is 11.6 Å². The van der Waals surface area contributed by atoms with Gasteiger partial charge in [-0.1, -0.05) is 17.7 Å². The highest BCUT2D eigenvalue weighted by Gasteiger charge is 2.14. The molecule has 1 N–H and O–H groups in total. The van der Waals surface area contributed by atoms with Crippen molar-refractivity contribution in [1.29, 1.82) is 0 Å². The number of hydrogen-bond donors (Lipinski definition) is 1. The summed E-state index contributed by atoms with van der Waals surface area (Å²) in [6.45, 7) is 0. The van der Waals surface area contributed by atoms with Crippen molar-refractivity contribution in [2.24, 2.45) is 0 Å². The molecule has 0 amide bonds. The molecule has 0 saturated heterocycles. The van der Waals surface area contributed by atoms with E-state index in [-0.39, 0.29) is 17.0 Å². The highest BCUT2D eigenvalue weighted by molar-refractivity contribution is 6.31. The van der Waals surface area contributed by atoms with E-state index in [1.54, 1.807) is 0 Å². The normalized spacial score (nSPS) is 12.5. The summed E-state index contributed by atoms with van der Waals surface area (Å²) in [5, 5.41) is 10.2. The molecule has 19 heavy (non-hydrogen) atoms. The Hall–Kier alpha value is -1.52. The highest BCUT2D eigenvalue weighted by Crippen LogP contribution is 2.26. The van der Waals surface area contributed by atoms with E-state index in [0.717, 1.165) is 18.2 Å². The fraction of sp³-hybridized carbons (Fsp3) is 0.143. The first-order chi connectivity index (χ1) is 8.97. The summed E-state index contributed by atoms with van der Waals surface area (Å²) in [4.78, 5) is 0. The molecule has 1 unspecified atom stereocenters. The Labute approximate surface area is 113 Å². The van der Waals surface area contributed by atoms with Crippen LogP contribution >= 0.6 is 11.6 Å². The summed E-state index contributed by atoms with van der Waals surface area (Å²) in [7, 11) is 0. The fourth-order valence-corrected chi connectivity index (χ4v) is 2.01. The molecular formula is C14H10ClF3O. The van der Waals surface area contributed by atoms with Crippen LogP contribution in [0.5, 0.6) is 0 Å². The van der Waals surface area contributed by atoms with Crippen molar-refractivity contribution in [2.45, 2.75) is 12.5 Å². The molecule has 0 aliphatic carbocycles. The molecule has 0 bridgehead atoms. The van der Waals surface area contributed by atoms with Crippen molar-refractivity contribution in [2.75, 3.05) is 0 Å². The van der Waals surface area contributed by atoms with Gasteiger partial charge in [0.15, 0.2) is 11.6 Å². The summed E-state index contributed by atoms with van der Waals surface area (Å²) >= 11 is 5.85. The predicted molar refractivity (Wildman–Crippen MR) is 66.4 cm³/mol. The topological polar surface area (TPSA) is 20.2 Å². The highest BCUT2D eigenvalue weighted by atomic mass is 35.5. The number of aliphatic hydroxyl groups excluding tert-OH is 1. The third-order valence-electron chi connectivity index (χ3n) is 2.73. The molecule has 0 fully saturated rings. The molecule has 1 atom stereocenters. The molecule has 2 aromatic rings. The minimum atomic E-state index is -1.09. The van der Waals surface area contributed by atoms with Gasteiger partial charge in [0.25, 0.3) is 0 Å². The molecule has 5 heteroatoms. The molecule has 0 spiro atoms. The van der Waals surface area contributed by atoms with E-state index in [1.165, 1.54) is 18.2 Å². The lowest BCUT2D eigenvalue weighted by Crippen LogP contribution is -2.04. The zero-order valence-electron chi connectivity index (χ0n) is 9.71. The summed E-state index contributed by atoms with van der Waals surface area (Å²) in [5.74, 6) is -2.47. The molecular weight excluding hydrogens is 277 g/mol. The maximum atomic E-state index is 13.1. The molecule has 1 nitrogen and oxygen atoms in total. The van der Waals surface area contributed by atoms with Crippen LogP contribution in [0.3, 0.4) is 0 Å². The molecule has 0 aromatic heterocycles. The maximum absolute atomic E-state index is 13.1. The van der Waals surface area contributed by atoms with Gasteiger partial charge in [-0.3, -0.25) is 0 Å². The Morgan fingerprint density at radius 3 is 2.42 bits per heavy atom. The van der Waals surface area contributed by atoms with Crippen LogP contribution in [0.25, 0.3) is 0 Å². The van der Waals surface area contributed by atoms with Gasteiger partial charge >= 0.3 is 0 Å². The number of halogens is 4. The zero-order valence-corrected chi connectivity index (χ0v) is 10.5. The Morgan fingerprint density at radius 2 is 1.74 bits per heavy atom. The van der Waals surface area contributed by atoms with E-state index in [9.17, 15) is 18.3 Å². The smallest absolute Gasteiger partial charge is 0.159 e. The maximum Gasteiger partial charge on any atom is 0.159 e. The second-order valence-corrected chi connectivity index (χ2v) is 4.54. The van der Waals surface area contributed by atoms with Gasteiger partial charge in [0, 0.05) is 17.0 Å². The quantitative estimate of drug-likeness (QED) is 0.903. The third kappa shape index (κ3) is 3.28. The van der Waals surface area contributed by atoms with Crippen molar-refractivity contribution in [3.63, 3.8) is 0 Å². The van der Waals surface area contributed by atoms with E-state index in [0.29, 0.717) is 5.56 Å². The standard InChI is InChI=1S/C14H10ClF3O/c15-11-3-2-9(16)7-10(11)14(19)6-8-1-4-12(17)13(18)5-8/h1-5,7,14,19H,6H2. The third-order valence-corrected chi connectivity index (χ3v) is 3.07. The fourth-order valence-electron chi connectivity index (χ4n) is 1.77.